The van der Waals surface area contributed by atoms with E-state index >= 15 is 0 Å². The van der Waals surface area contributed by atoms with Crippen molar-refractivity contribution in [1.82, 2.24) is 20.2 Å². The van der Waals surface area contributed by atoms with Crippen LogP contribution < -0.4 is 5.32 Å². The van der Waals surface area contributed by atoms with Crippen molar-refractivity contribution in [2.24, 2.45) is 5.92 Å². The van der Waals surface area contributed by atoms with E-state index in [1.807, 2.05) is 0 Å². The summed E-state index contributed by atoms with van der Waals surface area (Å²) in [5, 5.41) is 19.0. The van der Waals surface area contributed by atoms with Gasteiger partial charge in [0.25, 0.3) is 0 Å². The van der Waals surface area contributed by atoms with Crippen LogP contribution in [0.25, 0.3) is 11.0 Å². The van der Waals surface area contributed by atoms with Gasteiger partial charge in [0.2, 0.25) is 5.95 Å². The second-order valence-corrected chi connectivity index (χ2v) is 5.64. The molecule has 1 fully saturated rings. The maximum atomic E-state index is 11.5. The molecule has 0 saturated heterocycles. The third-order valence-corrected chi connectivity index (χ3v) is 4.09. The Morgan fingerprint density at radius 2 is 2.19 bits per heavy atom. The highest BCUT2D eigenvalue weighted by molar-refractivity contribution is 5.78. The SMILES string of the molecule is O=C(O)[C@@H](CC1CCCCC1)Nc1ncc2[nH]ncc2n1. The molecule has 1 atom stereocenters. The monoisotopic (exact) mass is 289 g/mol. The zero-order chi connectivity index (χ0) is 14.7. The summed E-state index contributed by atoms with van der Waals surface area (Å²) < 4.78 is 0. The van der Waals surface area contributed by atoms with Crippen LogP contribution in [-0.2, 0) is 4.79 Å². The lowest BCUT2D eigenvalue weighted by molar-refractivity contribution is -0.138. The van der Waals surface area contributed by atoms with E-state index in [1.54, 1.807) is 12.4 Å². The summed E-state index contributed by atoms with van der Waals surface area (Å²) in [7, 11) is 0. The number of hydrogen-bond donors (Lipinski definition) is 3. The number of carboxylic acid groups (broad SMARTS) is 1. The molecule has 0 bridgehead atoms. The molecule has 0 aliphatic heterocycles. The Morgan fingerprint density at radius 1 is 1.38 bits per heavy atom. The van der Waals surface area contributed by atoms with E-state index in [2.05, 4.69) is 25.5 Å². The average Bonchev–Trinajstić information content (AvgIpc) is 2.95. The highest BCUT2D eigenvalue weighted by Crippen LogP contribution is 2.28. The van der Waals surface area contributed by atoms with Crippen molar-refractivity contribution in [2.45, 2.75) is 44.6 Å². The molecule has 2 aromatic rings. The lowest BCUT2D eigenvalue weighted by atomic mass is 9.85. The predicted octanol–water partition coefficient (Wildman–Crippen LogP) is 2.19. The molecule has 0 unspecified atom stereocenters. The quantitative estimate of drug-likeness (QED) is 0.779. The molecule has 1 aliphatic rings. The summed E-state index contributed by atoms with van der Waals surface area (Å²) in [6.07, 6.45) is 9.74. The zero-order valence-corrected chi connectivity index (χ0v) is 11.7. The van der Waals surface area contributed by atoms with Gasteiger partial charge in [0, 0.05) is 0 Å². The first-order chi connectivity index (χ1) is 10.2. The van der Waals surface area contributed by atoms with E-state index in [4.69, 9.17) is 0 Å². The molecule has 112 valence electrons. The van der Waals surface area contributed by atoms with Crippen molar-refractivity contribution in [3.63, 3.8) is 0 Å². The molecule has 1 saturated carbocycles. The third kappa shape index (κ3) is 3.29. The smallest absolute Gasteiger partial charge is 0.326 e. The van der Waals surface area contributed by atoms with Crippen molar-refractivity contribution in [1.29, 1.82) is 0 Å². The Hall–Kier alpha value is -2.18. The fraction of sp³-hybridized carbons (Fsp3) is 0.571. The van der Waals surface area contributed by atoms with Gasteiger partial charge in [0.1, 0.15) is 17.1 Å². The van der Waals surface area contributed by atoms with Gasteiger partial charge in [0.05, 0.1) is 12.4 Å². The first-order valence-electron chi connectivity index (χ1n) is 7.38. The molecular weight excluding hydrogens is 270 g/mol. The van der Waals surface area contributed by atoms with Crippen LogP contribution in [0.1, 0.15) is 38.5 Å². The Bertz CT molecular complexity index is 621. The molecule has 1 aliphatic carbocycles. The van der Waals surface area contributed by atoms with Crippen LogP contribution in [-0.4, -0.2) is 37.3 Å². The molecule has 0 spiro atoms. The molecule has 0 radical (unpaired) electrons. The first-order valence-corrected chi connectivity index (χ1v) is 7.38. The topological polar surface area (TPSA) is 104 Å². The molecule has 3 rings (SSSR count). The summed E-state index contributed by atoms with van der Waals surface area (Å²) >= 11 is 0. The van der Waals surface area contributed by atoms with Gasteiger partial charge in [-0.2, -0.15) is 5.10 Å². The Morgan fingerprint density at radius 3 is 2.95 bits per heavy atom. The number of H-pyrrole nitrogens is 1. The van der Waals surface area contributed by atoms with Crippen LogP contribution in [0.3, 0.4) is 0 Å². The number of rotatable bonds is 5. The zero-order valence-electron chi connectivity index (χ0n) is 11.7. The van der Waals surface area contributed by atoms with Crippen LogP contribution in [0.2, 0.25) is 0 Å². The summed E-state index contributed by atoms with van der Waals surface area (Å²) in [5.41, 5.74) is 1.41. The van der Waals surface area contributed by atoms with Crippen molar-refractivity contribution in [2.75, 3.05) is 5.32 Å². The Balaban J connectivity index is 1.70. The highest BCUT2D eigenvalue weighted by atomic mass is 16.4. The number of fused-ring (bicyclic) bond motifs is 1. The van der Waals surface area contributed by atoms with E-state index in [-0.39, 0.29) is 0 Å². The number of anilines is 1. The van der Waals surface area contributed by atoms with Crippen LogP contribution in [0.15, 0.2) is 12.4 Å². The average molecular weight is 289 g/mol. The minimum Gasteiger partial charge on any atom is -0.480 e. The predicted molar refractivity (Wildman–Crippen MR) is 77.9 cm³/mol. The molecule has 2 heterocycles. The third-order valence-electron chi connectivity index (χ3n) is 4.09. The van der Waals surface area contributed by atoms with Gasteiger partial charge in [-0.3, -0.25) is 5.10 Å². The minimum absolute atomic E-state index is 0.340. The Labute approximate surface area is 122 Å². The summed E-state index contributed by atoms with van der Waals surface area (Å²) in [5.74, 6) is -0.0337. The fourth-order valence-corrected chi connectivity index (χ4v) is 2.95. The van der Waals surface area contributed by atoms with Crippen LogP contribution >= 0.6 is 0 Å². The largest absolute Gasteiger partial charge is 0.480 e. The van der Waals surface area contributed by atoms with E-state index in [1.165, 1.54) is 19.3 Å². The maximum absolute atomic E-state index is 11.5. The van der Waals surface area contributed by atoms with Crippen molar-refractivity contribution in [3.8, 4) is 0 Å². The van der Waals surface area contributed by atoms with Gasteiger partial charge in [-0.1, -0.05) is 32.1 Å². The first kappa shape index (κ1) is 13.8. The minimum atomic E-state index is -0.850. The van der Waals surface area contributed by atoms with Gasteiger partial charge >= 0.3 is 5.97 Å². The maximum Gasteiger partial charge on any atom is 0.326 e. The number of nitrogens with zero attached hydrogens (tertiary/aromatic N) is 3. The number of aromatic amines is 1. The number of hydrogen-bond acceptors (Lipinski definition) is 5. The number of nitrogens with one attached hydrogen (secondary N) is 2. The fourth-order valence-electron chi connectivity index (χ4n) is 2.95. The van der Waals surface area contributed by atoms with Crippen molar-refractivity contribution >= 4 is 23.0 Å². The van der Waals surface area contributed by atoms with Gasteiger partial charge in [-0.25, -0.2) is 14.8 Å². The number of aliphatic carboxylic acids is 1. The number of aromatic nitrogens is 4. The van der Waals surface area contributed by atoms with Crippen molar-refractivity contribution in [3.05, 3.63) is 12.4 Å². The van der Waals surface area contributed by atoms with E-state index in [0.29, 0.717) is 23.8 Å². The molecular formula is C14H19N5O2. The molecule has 0 amide bonds. The standard InChI is InChI=1S/C14H19N5O2/c20-13(21)10(6-9-4-2-1-3-5-9)17-14-15-7-12-11(18-14)8-16-19-12/h7-10H,1-6H2,(H,16,19)(H,20,21)(H,15,17,18)/t10-/m1/s1. The van der Waals surface area contributed by atoms with Crippen molar-refractivity contribution < 1.29 is 9.90 Å². The van der Waals surface area contributed by atoms with E-state index in [0.717, 1.165) is 18.4 Å². The molecule has 7 heteroatoms. The van der Waals surface area contributed by atoms with Crippen LogP contribution in [0.4, 0.5) is 5.95 Å². The lowest BCUT2D eigenvalue weighted by Gasteiger charge is -2.25. The lowest BCUT2D eigenvalue weighted by Crippen LogP contribution is -2.32. The number of carbonyl (C=O) groups is 1. The van der Waals surface area contributed by atoms with Gasteiger partial charge in [-0.05, 0) is 12.3 Å². The van der Waals surface area contributed by atoms with Gasteiger partial charge in [0.15, 0.2) is 0 Å². The molecule has 7 nitrogen and oxygen atoms in total. The summed E-state index contributed by atoms with van der Waals surface area (Å²) in [6, 6.07) is -0.641. The second-order valence-electron chi connectivity index (χ2n) is 5.64. The number of carboxylic acids is 1. The second kappa shape index (κ2) is 6.07. The molecule has 0 aromatic carbocycles. The molecule has 3 N–H and O–H groups in total. The summed E-state index contributed by atoms with van der Waals surface area (Å²) in [4.78, 5) is 19.9. The Kier molecular flexibility index (Phi) is 3.98. The van der Waals surface area contributed by atoms with Crippen LogP contribution in [0.5, 0.6) is 0 Å². The molecule has 21 heavy (non-hydrogen) atoms. The van der Waals surface area contributed by atoms with E-state index in [9.17, 15) is 9.90 Å². The normalized spacial score (nSPS) is 17.7. The highest BCUT2D eigenvalue weighted by Gasteiger charge is 2.24. The van der Waals surface area contributed by atoms with E-state index < -0.39 is 12.0 Å². The van der Waals surface area contributed by atoms with Gasteiger partial charge in [-0.15, -0.1) is 0 Å². The molecule has 2 aromatic heterocycles. The van der Waals surface area contributed by atoms with Gasteiger partial charge < -0.3 is 10.4 Å². The summed E-state index contributed by atoms with van der Waals surface area (Å²) in [6.45, 7) is 0. The van der Waals surface area contributed by atoms with Crippen LogP contribution in [0, 0.1) is 5.92 Å².